The summed E-state index contributed by atoms with van der Waals surface area (Å²) in [5.74, 6) is 0. The molecule has 3 nitrogen and oxygen atoms in total. The Morgan fingerprint density at radius 3 is 2.09 bits per heavy atom. The molecule has 1 aliphatic rings. The van der Waals surface area contributed by atoms with Crippen LogP contribution in [0.4, 0.5) is 0 Å². The van der Waals surface area contributed by atoms with Crippen molar-refractivity contribution < 1.29 is 4.74 Å². The molecule has 33 heavy (non-hydrogen) atoms. The predicted octanol–water partition coefficient (Wildman–Crippen LogP) is 6.42. The van der Waals surface area contributed by atoms with E-state index < -0.39 is 0 Å². The molecule has 3 aromatic rings. The van der Waals surface area contributed by atoms with Gasteiger partial charge in [-0.3, -0.25) is 9.80 Å². The van der Waals surface area contributed by atoms with Gasteiger partial charge in [-0.25, -0.2) is 0 Å². The quantitative estimate of drug-likeness (QED) is 0.350. The SMILES string of the molecule is Cc1ccccc1CN1CCN(CCOC(c2ccccc2)c2ccccc2Cl)CC1.Cl.Cl. The van der Waals surface area contributed by atoms with Crippen molar-refractivity contribution in [3.63, 3.8) is 0 Å². The van der Waals surface area contributed by atoms with E-state index in [2.05, 4.69) is 71.3 Å². The minimum atomic E-state index is -0.141. The maximum Gasteiger partial charge on any atom is 0.109 e. The van der Waals surface area contributed by atoms with Crippen LogP contribution >= 0.6 is 36.4 Å². The van der Waals surface area contributed by atoms with E-state index in [0.29, 0.717) is 6.61 Å². The number of piperazine rings is 1. The smallest absolute Gasteiger partial charge is 0.109 e. The first kappa shape index (κ1) is 27.7. The largest absolute Gasteiger partial charge is 0.367 e. The molecule has 0 radical (unpaired) electrons. The summed E-state index contributed by atoms with van der Waals surface area (Å²) in [5.41, 5.74) is 4.98. The van der Waals surface area contributed by atoms with Crippen molar-refractivity contribution in [3.05, 3.63) is 106 Å². The van der Waals surface area contributed by atoms with Gasteiger partial charge >= 0.3 is 0 Å². The topological polar surface area (TPSA) is 15.7 Å². The van der Waals surface area contributed by atoms with Crippen molar-refractivity contribution in [2.24, 2.45) is 0 Å². The van der Waals surface area contributed by atoms with Crippen LogP contribution < -0.4 is 0 Å². The summed E-state index contributed by atoms with van der Waals surface area (Å²) in [6.07, 6.45) is -0.141. The van der Waals surface area contributed by atoms with Crippen molar-refractivity contribution in [1.82, 2.24) is 9.80 Å². The summed E-state index contributed by atoms with van der Waals surface area (Å²) in [7, 11) is 0. The van der Waals surface area contributed by atoms with Gasteiger partial charge in [-0.1, -0.05) is 84.4 Å². The van der Waals surface area contributed by atoms with Crippen molar-refractivity contribution in [1.29, 1.82) is 0 Å². The Labute approximate surface area is 215 Å². The molecule has 3 aromatic carbocycles. The average molecular weight is 508 g/mol. The van der Waals surface area contributed by atoms with Gasteiger partial charge in [0.25, 0.3) is 0 Å². The zero-order valence-corrected chi connectivity index (χ0v) is 21.4. The van der Waals surface area contributed by atoms with E-state index >= 15 is 0 Å². The number of rotatable bonds is 8. The van der Waals surface area contributed by atoms with Crippen LogP contribution in [0.25, 0.3) is 0 Å². The molecule has 0 saturated carbocycles. The number of nitrogens with zero attached hydrogens (tertiary/aromatic N) is 2. The average Bonchev–Trinajstić information content (AvgIpc) is 2.81. The highest BCUT2D eigenvalue weighted by molar-refractivity contribution is 6.31. The van der Waals surface area contributed by atoms with E-state index in [0.717, 1.165) is 55.4 Å². The van der Waals surface area contributed by atoms with Gasteiger partial charge in [0.1, 0.15) is 6.10 Å². The van der Waals surface area contributed by atoms with Crippen molar-refractivity contribution in [2.75, 3.05) is 39.3 Å². The third-order valence-corrected chi connectivity index (χ3v) is 6.45. The fourth-order valence-electron chi connectivity index (χ4n) is 4.18. The second-order valence-electron chi connectivity index (χ2n) is 8.23. The third kappa shape index (κ3) is 7.71. The summed E-state index contributed by atoms with van der Waals surface area (Å²) in [6.45, 7) is 9.22. The van der Waals surface area contributed by atoms with E-state index in [1.165, 1.54) is 11.1 Å². The number of aryl methyl sites for hydroxylation is 1. The molecule has 1 unspecified atom stereocenters. The summed E-state index contributed by atoms with van der Waals surface area (Å²) < 4.78 is 6.40. The predicted molar refractivity (Wildman–Crippen MR) is 143 cm³/mol. The van der Waals surface area contributed by atoms with Gasteiger partial charge in [0.2, 0.25) is 0 Å². The molecular formula is C27H33Cl3N2O. The number of hydrogen-bond donors (Lipinski definition) is 0. The van der Waals surface area contributed by atoms with E-state index in [1.807, 2.05) is 24.3 Å². The van der Waals surface area contributed by atoms with Crippen LogP contribution in [0.2, 0.25) is 5.02 Å². The zero-order chi connectivity index (χ0) is 21.5. The molecule has 1 aliphatic heterocycles. The van der Waals surface area contributed by atoms with Gasteiger partial charge in [0.05, 0.1) is 6.61 Å². The Morgan fingerprint density at radius 1 is 0.788 bits per heavy atom. The molecule has 0 aromatic heterocycles. The lowest BCUT2D eigenvalue weighted by Gasteiger charge is -2.35. The van der Waals surface area contributed by atoms with Gasteiger partial charge in [-0.05, 0) is 29.7 Å². The molecule has 0 N–H and O–H groups in total. The molecule has 0 aliphatic carbocycles. The lowest BCUT2D eigenvalue weighted by molar-refractivity contribution is 0.0442. The zero-order valence-electron chi connectivity index (χ0n) is 19.0. The van der Waals surface area contributed by atoms with Crippen LogP contribution in [0.1, 0.15) is 28.4 Å². The van der Waals surface area contributed by atoms with Crippen molar-refractivity contribution in [3.8, 4) is 0 Å². The molecule has 1 fully saturated rings. The van der Waals surface area contributed by atoms with Crippen molar-refractivity contribution in [2.45, 2.75) is 19.6 Å². The minimum absolute atomic E-state index is 0. The molecule has 0 amide bonds. The Morgan fingerprint density at radius 2 is 1.39 bits per heavy atom. The van der Waals surface area contributed by atoms with Gasteiger partial charge in [0.15, 0.2) is 0 Å². The lowest BCUT2D eigenvalue weighted by Crippen LogP contribution is -2.46. The van der Waals surface area contributed by atoms with Crippen LogP contribution in [0, 0.1) is 6.92 Å². The van der Waals surface area contributed by atoms with E-state index in [4.69, 9.17) is 16.3 Å². The van der Waals surface area contributed by atoms with Crippen LogP contribution in [0.15, 0.2) is 78.9 Å². The second kappa shape index (κ2) is 14.0. The summed E-state index contributed by atoms with van der Waals surface area (Å²) in [5, 5.41) is 0.751. The van der Waals surface area contributed by atoms with Gasteiger partial charge in [0, 0.05) is 49.9 Å². The van der Waals surface area contributed by atoms with Gasteiger partial charge < -0.3 is 4.74 Å². The van der Waals surface area contributed by atoms with Gasteiger partial charge in [-0.15, -0.1) is 24.8 Å². The molecule has 1 heterocycles. The Bertz CT molecular complexity index is 962. The molecule has 0 spiro atoms. The molecule has 178 valence electrons. The highest BCUT2D eigenvalue weighted by Gasteiger charge is 2.20. The standard InChI is InChI=1S/C27H31ClN2O.2ClH/c1-22-9-5-6-12-24(22)21-30-17-15-29(16-18-30)19-20-31-27(23-10-3-2-4-11-23)25-13-7-8-14-26(25)28;;/h2-14,27H,15-21H2,1H3;2*1H. The lowest BCUT2D eigenvalue weighted by atomic mass is 10.0. The van der Waals surface area contributed by atoms with E-state index in [9.17, 15) is 0 Å². The van der Waals surface area contributed by atoms with Crippen molar-refractivity contribution >= 4 is 36.4 Å². The summed E-state index contributed by atoms with van der Waals surface area (Å²) >= 11 is 6.49. The number of halogens is 3. The summed E-state index contributed by atoms with van der Waals surface area (Å²) in [4.78, 5) is 5.05. The molecule has 6 heteroatoms. The second-order valence-corrected chi connectivity index (χ2v) is 8.63. The Kier molecular flexibility index (Phi) is 11.7. The first-order valence-electron chi connectivity index (χ1n) is 11.1. The highest BCUT2D eigenvalue weighted by Crippen LogP contribution is 2.31. The first-order valence-corrected chi connectivity index (χ1v) is 11.5. The summed E-state index contributed by atoms with van der Waals surface area (Å²) in [6, 6.07) is 27.0. The Balaban J connectivity index is 0.00000193. The van der Waals surface area contributed by atoms with E-state index in [-0.39, 0.29) is 30.9 Å². The number of ether oxygens (including phenoxy) is 1. The minimum Gasteiger partial charge on any atom is -0.367 e. The van der Waals surface area contributed by atoms with Crippen LogP contribution in [0.3, 0.4) is 0 Å². The molecule has 1 atom stereocenters. The number of benzene rings is 3. The highest BCUT2D eigenvalue weighted by atomic mass is 35.5. The third-order valence-electron chi connectivity index (χ3n) is 6.10. The van der Waals surface area contributed by atoms with Crippen LogP contribution in [0.5, 0.6) is 0 Å². The van der Waals surface area contributed by atoms with E-state index in [1.54, 1.807) is 0 Å². The maximum atomic E-state index is 6.49. The Hall–Kier alpha value is -1.59. The number of hydrogen-bond acceptors (Lipinski definition) is 3. The monoisotopic (exact) mass is 506 g/mol. The fraction of sp³-hybridized carbons (Fsp3) is 0.333. The molecular weight excluding hydrogens is 475 g/mol. The molecule has 0 bridgehead atoms. The van der Waals surface area contributed by atoms with Gasteiger partial charge in [-0.2, -0.15) is 0 Å². The first-order chi connectivity index (χ1) is 15.2. The molecule has 1 saturated heterocycles. The van der Waals surface area contributed by atoms with Crippen LogP contribution in [-0.2, 0) is 11.3 Å². The molecule has 4 rings (SSSR count). The maximum absolute atomic E-state index is 6.49. The fourth-order valence-corrected chi connectivity index (χ4v) is 4.42. The van der Waals surface area contributed by atoms with Crippen LogP contribution in [-0.4, -0.2) is 49.1 Å². The normalized spacial score (nSPS) is 15.3.